The highest BCUT2D eigenvalue weighted by Gasteiger charge is 2.40. The Morgan fingerprint density at radius 3 is 2.23 bits per heavy atom. The molecule has 31 heavy (non-hydrogen) atoms. The van der Waals surface area contributed by atoms with Crippen molar-refractivity contribution in [1.82, 2.24) is 4.90 Å². The summed E-state index contributed by atoms with van der Waals surface area (Å²) in [5.41, 5.74) is 1.35. The summed E-state index contributed by atoms with van der Waals surface area (Å²) < 4.78 is 5.38. The van der Waals surface area contributed by atoms with Crippen LogP contribution in [0, 0.1) is 0 Å². The molecule has 3 rings (SSSR count). The second-order valence-corrected chi connectivity index (χ2v) is 9.14. The van der Waals surface area contributed by atoms with Crippen LogP contribution in [0.25, 0.3) is 0 Å². The molecule has 1 saturated heterocycles. The van der Waals surface area contributed by atoms with Crippen LogP contribution in [-0.4, -0.2) is 36.8 Å². The van der Waals surface area contributed by atoms with Crippen LogP contribution in [0.1, 0.15) is 81.8 Å². The van der Waals surface area contributed by atoms with Crippen molar-refractivity contribution in [2.45, 2.75) is 76.2 Å². The van der Waals surface area contributed by atoms with Crippen molar-refractivity contribution < 1.29 is 9.84 Å². The third-order valence-corrected chi connectivity index (χ3v) is 6.92. The Balaban J connectivity index is 1.91. The predicted molar refractivity (Wildman–Crippen MR) is 130 cm³/mol. The van der Waals surface area contributed by atoms with Gasteiger partial charge in [0.15, 0.2) is 0 Å². The van der Waals surface area contributed by atoms with Crippen LogP contribution in [0.15, 0.2) is 54.6 Å². The summed E-state index contributed by atoms with van der Waals surface area (Å²) in [6, 6.07) is 18.8. The van der Waals surface area contributed by atoms with Gasteiger partial charge in [0.25, 0.3) is 0 Å². The first-order valence-electron chi connectivity index (χ1n) is 12.3. The molecule has 1 aliphatic rings. The minimum absolute atomic E-state index is 0.0476. The Labute approximate surface area is 189 Å². The lowest BCUT2D eigenvalue weighted by Crippen LogP contribution is -2.42. The molecule has 1 heterocycles. The lowest BCUT2D eigenvalue weighted by Gasteiger charge is -2.41. The van der Waals surface area contributed by atoms with Crippen LogP contribution >= 0.6 is 0 Å². The van der Waals surface area contributed by atoms with E-state index < -0.39 is 5.60 Å². The molecule has 0 unspecified atom stereocenters. The van der Waals surface area contributed by atoms with Crippen molar-refractivity contribution in [3.63, 3.8) is 0 Å². The molecular weight excluding hydrogens is 382 g/mol. The van der Waals surface area contributed by atoms with Crippen LogP contribution in [0.3, 0.4) is 0 Å². The van der Waals surface area contributed by atoms with Crippen LogP contribution < -0.4 is 4.74 Å². The number of piperidine rings is 1. The number of nitrogens with zero attached hydrogens (tertiary/aromatic N) is 1. The predicted octanol–water partition coefficient (Wildman–Crippen LogP) is 6.51. The van der Waals surface area contributed by atoms with E-state index in [0.29, 0.717) is 0 Å². The van der Waals surface area contributed by atoms with Crippen LogP contribution in [-0.2, 0) is 5.60 Å². The van der Waals surface area contributed by atoms with Gasteiger partial charge in [-0.25, -0.2) is 0 Å². The Kier molecular flexibility index (Phi) is 9.42. The van der Waals surface area contributed by atoms with Crippen molar-refractivity contribution in [2.24, 2.45) is 0 Å². The highest BCUT2D eigenvalue weighted by atomic mass is 16.5. The molecule has 2 atom stereocenters. The van der Waals surface area contributed by atoms with Crippen LogP contribution in [0.5, 0.6) is 5.75 Å². The Morgan fingerprint density at radius 1 is 0.903 bits per heavy atom. The van der Waals surface area contributed by atoms with Crippen LogP contribution in [0.4, 0.5) is 0 Å². The topological polar surface area (TPSA) is 32.7 Å². The molecule has 2 aromatic carbocycles. The summed E-state index contributed by atoms with van der Waals surface area (Å²) in [7, 11) is 1.69. The van der Waals surface area contributed by atoms with Gasteiger partial charge in [0.1, 0.15) is 5.75 Å². The zero-order valence-corrected chi connectivity index (χ0v) is 19.6. The molecule has 1 fully saturated rings. The standard InChI is InChI=1S/C28H41NO2/c1-3-4-5-6-11-20-28(30,25-16-18-26(31-2)19-17-25)27(24-14-9-7-10-15-24)23-29-21-12-8-13-22-29/h7,9-10,14-19,27,30H,3-6,8,11-13,20-23H2,1-2H3/t27-,28-/m0/s1. The normalized spacial score (nSPS) is 17.8. The summed E-state index contributed by atoms with van der Waals surface area (Å²) >= 11 is 0. The number of aliphatic hydroxyl groups is 1. The first-order valence-corrected chi connectivity index (χ1v) is 12.3. The zero-order valence-electron chi connectivity index (χ0n) is 19.6. The molecular formula is C28H41NO2. The van der Waals surface area contributed by atoms with E-state index >= 15 is 0 Å². The average Bonchev–Trinajstić information content (AvgIpc) is 2.83. The minimum Gasteiger partial charge on any atom is -0.497 e. The molecule has 0 bridgehead atoms. The van der Waals surface area contributed by atoms with Gasteiger partial charge in [0.05, 0.1) is 12.7 Å². The summed E-state index contributed by atoms with van der Waals surface area (Å²) in [5.74, 6) is 0.882. The van der Waals surface area contributed by atoms with Gasteiger partial charge in [-0.2, -0.15) is 0 Å². The van der Waals surface area contributed by atoms with E-state index in [0.717, 1.165) is 43.8 Å². The van der Waals surface area contributed by atoms with Gasteiger partial charge in [-0.3, -0.25) is 0 Å². The molecule has 0 aliphatic carbocycles. The molecule has 1 aliphatic heterocycles. The number of benzene rings is 2. The van der Waals surface area contributed by atoms with Gasteiger partial charge in [0, 0.05) is 12.5 Å². The molecule has 170 valence electrons. The van der Waals surface area contributed by atoms with Crippen molar-refractivity contribution in [1.29, 1.82) is 0 Å². The molecule has 0 amide bonds. The summed E-state index contributed by atoms with van der Waals surface area (Å²) in [5, 5.41) is 12.4. The Bertz CT molecular complexity index is 739. The second kappa shape index (κ2) is 12.3. The van der Waals surface area contributed by atoms with E-state index in [9.17, 15) is 5.11 Å². The molecule has 0 saturated carbocycles. The number of ether oxygens (including phenoxy) is 1. The summed E-state index contributed by atoms with van der Waals surface area (Å²) in [4.78, 5) is 2.56. The Hall–Kier alpha value is -1.84. The molecule has 3 heteroatoms. The third-order valence-electron chi connectivity index (χ3n) is 6.92. The van der Waals surface area contributed by atoms with Crippen molar-refractivity contribution in [2.75, 3.05) is 26.7 Å². The van der Waals surface area contributed by atoms with E-state index in [1.54, 1.807) is 7.11 Å². The second-order valence-electron chi connectivity index (χ2n) is 9.14. The maximum Gasteiger partial charge on any atom is 0.118 e. The SMILES string of the molecule is CCCCCCC[C@](O)(c1ccc(OC)cc1)[C@@H](CN1CCCCC1)c1ccccc1. The minimum atomic E-state index is -0.892. The molecule has 1 N–H and O–H groups in total. The van der Waals surface area contributed by atoms with Crippen molar-refractivity contribution >= 4 is 0 Å². The fraction of sp³-hybridized carbons (Fsp3) is 0.571. The van der Waals surface area contributed by atoms with E-state index in [-0.39, 0.29) is 5.92 Å². The largest absolute Gasteiger partial charge is 0.497 e. The number of likely N-dealkylation sites (tertiary alicyclic amines) is 1. The maximum absolute atomic E-state index is 12.4. The van der Waals surface area contributed by atoms with Gasteiger partial charge in [-0.05, 0) is 55.6 Å². The highest BCUT2D eigenvalue weighted by molar-refractivity contribution is 5.35. The lowest BCUT2D eigenvalue weighted by atomic mass is 9.73. The maximum atomic E-state index is 12.4. The highest BCUT2D eigenvalue weighted by Crippen LogP contribution is 2.42. The third kappa shape index (κ3) is 6.57. The number of unbranched alkanes of at least 4 members (excludes halogenated alkanes) is 4. The van der Waals surface area contributed by atoms with Gasteiger partial charge in [-0.15, -0.1) is 0 Å². The first kappa shape index (κ1) is 23.8. The molecule has 0 spiro atoms. The number of rotatable bonds is 12. The summed E-state index contributed by atoms with van der Waals surface area (Å²) in [6.45, 7) is 5.43. The Morgan fingerprint density at radius 2 is 1.58 bits per heavy atom. The van der Waals surface area contributed by atoms with Crippen molar-refractivity contribution in [3.05, 3.63) is 65.7 Å². The molecule has 2 aromatic rings. The van der Waals surface area contributed by atoms with Gasteiger partial charge in [-0.1, -0.05) is 87.9 Å². The van der Waals surface area contributed by atoms with E-state index in [1.807, 2.05) is 12.1 Å². The monoisotopic (exact) mass is 423 g/mol. The molecule has 0 aromatic heterocycles. The first-order chi connectivity index (χ1) is 15.2. The fourth-order valence-electron chi connectivity index (χ4n) is 5.02. The van der Waals surface area contributed by atoms with E-state index in [1.165, 1.54) is 50.5 Å². The number of methoxy groups -OCH3 is 1. The molecule has 0 radical (unpaired) electrons. The average molecular weight is 424 g/mol. The van der Waals surface area contributed by atoms with E-state index in [4.69, 9.17) is 4.74 Å². The van der Waals surface area contributed by atoms with Gasteiger partial charge in [0.2, 0.25) is 0 Å². The van der Waals surface area contributed by atoms with E-state index in [2.05, 4.69) is 54.3 Å². The smallest absolute Gasteiger partial charge is 0.118 e. The van der Waals surface area contributed by atoms with Gasteiger partial charge < -0.3 is 14.7 Å². The summed E-state index contributed by atoms with van der Waals surface area (Å²) in [6.07, 6.45) is 10.6. The number of hydrogen-bond donors (Lipinski definition) is 1. The lowest BCUT2D eigenvalue weighted by molar-refractivity contribution is -0.0168. The van der Waals surface area contributed by atoms with Crippen molar-refractivity contribution in [3.8, 4) is 5.75 Å². The zero-order chi connectivity index (χ0) is 21.9. The van der Waals surface area contributed by atoms with Crippen LogP contribution in [0.2, 0.25) is 0 Å². The fourth-order valence-corrected chi connectivity index (χ4v) is 5.02. The quantitative estimate of drug-likeness (QED) is 0.395. The number of hydrogen-bond acceptors (Lipinski definition) is 3. The van der Waals surface area contributed by atoms with Gasteiger partial charge >= 0.3 is 0 Å². The molecule has 3 nitrogen and oxygen atoms in total.